The average molecular weight is 322 g/mol. The Morgan fingerprint density at radius 1 is 1.26 bits per heavy atom. The summed E-state index contributed by atoms with van der Waals surface area (Å²) in [6.07, 6.45) is 3.46. The molecule has 2 N–H and O–H groups in total. The Hall–Kier alpha value is -1.85. The van der Waals surface area contributed by atoms with Gasteiger partial charge in [0.15, 0.2) is 17.6 Å². The highest BCUT2D eigenvalue weighted by Crippen LogP contribution is 2.25. The fourth-order valence-corrected chi connectivity index (χ4v) is 2.86. The summed E-state index contributed by atoms with van der Waals surface area (Å²) in [4.78, 5) is 6.77. The van der Waals surface area contributed by atoms with Gasteiger partial charge in [0.2, 0.25) is 0 Å². The Morgan fingerprint density at radius 2 is 2.09 bits per heavy atom. The first kappa shape index (κ1) is 16.0. The Balaban J connectivity index is 1.55. The molecule has 0 spiro atoms. The van der Waals surface area contributed by atoms with Crippen molar-refractivity contribution in [2.45, 2.75) is 32.2 Å². The molecule has 2 fully saturated rings. The maximum absolute atomic E-state index is 13.4. The molecule has 0 amide bonds. The van der Waals surface area contributed by atoms with Crippen molar-refractivity contribution in [1.82, 2.24) is 10.6 Å². The van der Waals surface area contributed by atoms with Gasteiger partial charge in [0.05, 0.1) is 0 Å². The number of aliphatic imine (C=N–C) groups is 1. The summed E-state index contributed by atoms with van der Waals surface area (Å²) in [6, 6.07) is 4.69. The SMILES string of the molecule is CCNC(=NCC1CCN(c2ccc(F)c(F)c2)C1)NC1CC1. The highest BCUT2D eigenvalue weighted by Gasteiger charge is 2.25. The lowest BCUT2D eigenvalue weighted by Gasteiger charge is -2.18. The Bertz CT molecular complexity index is 572. The second-order valence-electron chi connectivity index (χ2n) is 6.34. The average Bonchev–Trinajstić information content (AvgIpc) is 3.22. The lowest BCUT2D eigenvalue weighted by Crippen LogP contribution is -2.39. The van der Waals surface area contributed by atoms with Crippen LogP contribution in [0.25, 0.3) is 0 Å². The third-order valence-corrected chi connectivity index (χ3v) is 4.32. The van der Waals surface area contributed by atoms with Crippen molar-refractivity contribution in [1.29, 1.82) is 0 Å². The van der Waals surface area contributed by atoms with Crippen LogP contribution in [0.5, 0.6) is 0 Å². The van der Waals surface area contributed by atoms with E-state index in [1.54, 1.807) is 6.07 Å². The van der Waals surface area contributed by atoms with E-state index in [2.05, 4.69) is 27.4 Å². The van der Waals surface area contributed by atoms with E-state index >= 15 is 0 Å². The zero-order valence-electron chi connectivity index (χ0n) is 13.5. The van der Waals surface area contributed by atoms with E-state index in [1.807, 2.05) is 0 Å². The lowest BCUT2D eigenvalue weighted by molar-refractivity contribution is 0.508. The maximum Gasteiger partial charge on any atom is 0.191 e. The maximum atomic E-state index is 13.4. The molecule has 126 valence electrons. The predicted molar refractivity (Wildman–Crippen MR) is 88.8 cm³/mol. The molecule has 1 aliphatic carbocycles. The molecular formula is C17H24F2N4. The molecule has 0 aromatic heterocycles. The minimum atomic E-state index is -0.796. The number of guanidine groups is 1. The number of hydrogen-bond donors (Lipinski definition) is 2. The van der Waals surface area contributed by atoms with Gasteiger partial charge in [-0.2, -0.15) is 0 Å². The second-order valence-corrected chi connectivity index (χ2v) is 6.34. The number of hydrogen-bond acceptors (Lipinski definition) is 2. The summed E-state index contributed by atoms with van der Waals surface area (Å²) in [5.41, 5.74) is 0.749. The minimum absolute atomic E-state index is 0.442. The lowest BCUT2D eigenvalue weighted by atomic mass is 10.1. The van der Waals surface area contributed by atoms with E-state index in [1.165, 1.54) is 25.0 Å². The van der Waals surface area contributed by atoms with E-state index in [0.29, 0.717) is 12.0 Å². The third-order valence-electron chi connectivity index (χ3n) is 4.32. The molecule has 1 saturated heterocycles. The standard InChI is InChI=1S/C17H24F2N4/c1-2-20-17(22-13-3-4-13)21-10-12-7-8-23(11-12)14-5-6-15(18)16(19)9-14/h5-6,9,12-13H,2-4,7-8,10-11H2,1H3,(H2,20,21,22). The van der Waals surface area contributed by atoms with Gasteiger partial charge in [0, 0.05) is 44.0 Å². The molecule has 2 aliphatic rings. The number of rotatable bonds is 5. The van der Waals surface area contributed by atoms with Gasteiger partial charge >= 0.3 is 0 Å². The Kier molecular flexibility index (Phi) is 4.98. The van der Waals surface area contributed by atoms with Gasteiger partial charge in [-0.1, -0.05) is 0 Å². The summed E-state index contributed by atoms with van der Waals surface area (Å²) in [5, 5.41) is 6.67. The summed E-state index contributed by atoms with van der Waals surface area (Å²) in [6.45, 7) is 5.35. The molecule has 23 heavy (non-hydrogen) atoms. The number of nitrogens with one attached hydrogen (secondary N) is 2. The van der Waals surface area contributed by atoms with Crippen molar-refractivity contribution in [2.75, 3.05) is 31.1 Å². The highest BCUT2D eigenvalue weighted by molar-refractivity contribution is 5.80. The number of benzene rings is 1. The van der Waals surface area contributed by atoms with E-state index in [0.717, 1.165) is 44.2 Å². The van der Waals surface area contributed by atoms with Crippen LogP contribution >= 0.6 is 0 Å². The smallest absolute Gasteiger partial charge is 0.191 e. The predicted octanol–water partition coefficient (Wildman–Crippen LogP) is 2.51. The molecule has 1 atom stereocenters. The number of anilines is 1. The minimum Gasteiger partial charge on any atom is -0.371 e. The van der Waals surface area contributed by atoms with Crippen LogP contribution in [0, 0.1) is 17.6 Å². The van der Waals surface area contributed by atoms with E-state index in [4.69, 9.17) is 0 Å². The third kappa shape index (κ3) is 4.33. The molecule has 0 radical (unpaired) electrons. The zero-order chi connectivity index (χ0) is 16.2. The monoisotopic (exact) mass is 322 g/mol. The summed E-state index contributed by atoms with van der Waals surface area (Å²) < 4.78 is 26.4. The van der Waals surface area contributed by atoms with Crippen LogP contribution in [-0.4, -0.2) is 38.2 Å². The molecule has 1 aromatic carbocycles. The molecular weight excluding hydrogens is 298 g/mol. The van der Waals surface area contributed by atoms with Crippen LogP contribution in [0.4, 0.5) is 14.5 Å². The molecule has 1 aromatic rings. The van der Waals surface area contributed by atoms with E-state index < -0.39 is 11.6 Å². The quantitative estimate of drug-likeness (QED) is 0.646. The van der Waals surface area contributed by atoms with Crippen molar-refractivity contribution < 1.29 is 8.78 Å². The van der Waals surface area contributed by atoms with Gasteiger partial charge in [0.1, 0.15) is 0 Å². The van der Waals surface area contributed by atoms with Crippen molar-refractivity contribution in [3.63, 3.8) is 0 Å². The van der Waals surface area contributed by atoms with Gasteiger partial charge in [-0.25, -0.2) is 8.78 Å². The first-order valence-electron chi connectivity index (χ1n) is 8.40. The van der Waals surface area contributed by atoms with Crippen molar-refractivity contribution in [3.05, 3.63) is 29.8 Å². The Labute approximate surface area is 136 Å². The fourth-order valence-electron chi connectivity index (χ4n) is 2.86. The normalized spacial score (nSPS) is 21.6. The molecule has 1 unspecified atom stereocenters. The van der Waals surface area contributed by atoms with Crippen LogP contribution in [0.15, 0.2) is 23.2 Å². The van der Waals surface area contributed by atoms with Gasteiger partial charge < -0.3 is 15.5 Å². The summed E-state index contributed by atoms with van der Waals surface area (Å²) in [7, 11) is 0. The molecule has 0 bridgehead atoms. The van der Waals surface area contributed by atoms with Gasteiger partial charge in [-0.05, 0) is 44.2 Å². The molecule has 1 aliphatic heterocycles. The molecule has 4 nitrogen and oxygen atoms in total. The zero-order valence-corrected chi connectivity index (χ0v) is 13.5. The van der Waals surface area contributed by atoms with Crippen molar-refractivity contribution in [3.8, 4) is 0 Å². The van der Waals surface area contributed by atoms with E-state index in [-0.39, 0.29) is 0 Å². The highest BCUT2D eigenvalue weighted by atomic mass is 19.2. The van der Waals surface area contributed by atoms with Gasteiger partial charge in [0.25, 0.3) is 0 Å². The summed E-state index contributed by atoms with van der Waals surface area (Å²) in [5.74, 6) is -0.249. The number of nitrogens with zero attached hydrogens (tertiary/aromatic N) is 2. The van der Waals surface area contributed by atoms with Crippen LogP contribution in [-0.2, 0) is 0 Å². The summed E-state index contributed by atoms with van der Waals surface area (Å²) >= 11 is 0. The van der Waals surface area contributed by atoms with Crippen LogP contribution < -0.4 is 15.5 Å². The molecule has 1 heterocycles. The van der Waals surface area contributed by atoms with Crippen molar-refractivity contribution >= 4 is 11.6 Å². The van der Waals surface area contributed by atoms with Gasteiger partial charge in [-0.15, -0.1) is 0 Å². The first-order valence-corrected chi connectivity index (χ1v) is 8.40. The van der Waals surface area contributed by atoms with Crippen LogP contribution in [0.1, 0.15) is 26.2 Å². The molecule has 3 rings (SSSR count). The van der Waals surface area contributed by atoms with Crippen molar-refractivity contribution in [2.24, 2.45) is 10.9 Å². The fraction of sp³-hybridized carbons (Fsp3) is 0.588. The largest absolute Gasteiger partial charge is 0.371 e. The number of halogens is 2. The van der Waals surface area contributed by atoms with E-state index in [9.17, 15) is 8.78 Å². The van der Waals surface area contributed by atoms with Gasteiger partial charge in [-0.3, -0.25) is 4.99 Å². The first-order chi connectivity index (χ1) is 11.2. The topological polar surface area (TPSA) is 39.7 Å². The molecule has 1 saturated carbocycles. The van der Waals surface area contributed by atoms with Crippen LogP contribution in [0.2, 0.25) is 0 Å². The molecule has 6 heteroatoms. The van der Waals surface area contributed by atoms with Crippen LogP contribution in [0.3, 0.4) is 0 Å². The second kappa shape index (κ2) is 7.15. The Morgan fingerprint density at radius 3 is 2.78 bits per heavy atom.